The van der Waals surface area contributed by atoms with Crippen molar-refractivity contribution in [2.45, 2.75) is 6.42 Å². The molecule has 0 nitrogen and oxygen atoms in total. The SMILES string of the molecule is [C-]1=CCC=C1.[Fe+2].c1cc[cH-]c1. The molecule has 0 radical (unpaired) electrons. The van der Waals surface area contributed by atoms with E-state index in [0.29, 0.717) is 0 Å². The zero-order valence-corrected chi connectivity index (χ0v) is 7.28. The maximum atomic E-state index is 2.92. The second-order valence-electron chi connectivity index (χ2n) is 1.97. The Labute approximate surface area is 78.5 Å². The molecule has 0 amide bonds. The van der Waals surface area contributed by atoms with E-state index in [-0.39, 0.29) is 17.1 Å². The van der Waals surface area contributed by atoms with Crippen LogP contribution >= 0.6 is 0 Å². The van der Waals surface area contributed by atoms with Crippen LogP contribution in [0.25, 0.3) is 0 Å². The van der Waals surface area contributed by atoms with E-state index >= 15 is 0 Å². The predicted octanol–water partition coefficient (Wildman–Crippen LogP) is 2.71. The molecule has 0 fully saturated rings. The topological polar surface area (TPSA) is 0 Å². The zero-order valence-electron chi connectivity index (χ0n) is 6.18. The van der Waals surface area contributed by atoms with Crippen LogP contribution in [0.4, 0.5) is 0 Å². The Hall–Kier alpha value is -0.651. The molecule has 0 aliphatic heterocycles. The molecular weight excluding hydrogens is 176 g/mol. The van der Waals surface area contributed by atoms with E-state index in [1.807, 2.05) is 42.5 Å². The van der Waals surface area contributed by atoms with Crippen molar-refractivity contribution in [1.29, 1.82) is 0 Å². The minimum absolute atomic E-state index is 0. The van der Waals surface area contributed by atoms with Gasteiger partial charge in [0, 0.05) is 0 Å². The van der Waals surface area contributed by atoms with Gasteiger partial charge in [-0.05, 0) is 0 Å². The minimum Gasteiger partial charge on any atom is -0.256 e. The number of allylic oxidation sites excluding steroid dienone is 4. The van der Waals surface area contributed by atoms with E-state index < -0.39 is 0 Å². The van der Waals surface area contributed by atoms with Crippen LogP contribution in [0.1, 0.15) is 6.42 Å². The van der Waals surface area contributed by atoms with Crippen LogP contribution in [-0.4, -0.2) is 0 Å². The van der Waals surface area contributed by atoms with Crippen molar-refractivity contribution in [3.8, 4) is 0 Å². The van der Waals surface area contributed by atoms with E-state index in [0.717, 1.165) is 6.42 Å². The molecule has 1 heteroatoms. The third-order valence-corrected chi connectivity index (χ3v) is 1.14. The third kappa shape index (κ3) is 5.78. The number of rotatable bonds is 0. The van der Waals surface area contributed by atoms with Gasteiger partial charge in [0.2, 0.25) is 0 Å². The van der Waals surface area contributed by atoms with Gasteiger partial charge >= 0.3 is 17.1 Å². The summed E-state index contributed by atoms with van der Waals surface area (Å²) in [7, 11) is 0. The van der Waals surface area contributed by atoms with Crippen LogP contribution < -0.4 is 0 Å². The van der Waals surface area contributed by atoms with Gasteiger partial charge in [-0.2, -0.15) is 24.3 Å². The summed E-state index contributed by atoms with van der Waals surface area (Å²) in [6, 6.07) is 10.0. The molecule has 0 saturated carbocycles. The van der Waals surface area contributed by atoms with Crippen LogP contribution in [0.5, 0.6) is 0 Å². The van der Waals surface area contributed by atoms with Gasteiger partial charge in [0.25, 0.3) is 0 Å². The second-order valence-corrected chi connectivity index (χ2v) is 1.97. The van der Waals surface area contributed by atoms with Crippen LogP contribution in [0.2, 0.25) is 0 Å². The van der Waals surface area contributed by atoms with Gasteiger partial charge in [0.1, 0.15) is 0 Å². The monoisotopic (exact) mass is 186 g/mol. The van der Waals surface area contributed by atoms with Crippen LogP contribution in [0, 0.1) is 6.08 Å². The molecule has 0 saturated heterocycles. The van der Waals surface area contributed by atoms with Gasteiger partial charge in [-0.15, -0.1) is 6.42 Å². The first-order chi connectivity index (χ1) is 5.00. The van der Waals surface area contributed by atoms with Crippen LogP contribution in [0.15, 0.2) is 48.6 Å². The van der Waals surface area contributed by atoms with E-state index in [1.165, 1.54) is 0 Å². The molecule has 0 unspecified atom stereocenters. The molecule has 1 aliphatic rings. The molecule has 11 heavy (non-hydrogen) atoms. The number of hydrogen-bond acceptors (Lipinski definition) is 0. The molecule has 0 spiro atoms. The Morgan fingerprint density at radius 1 is 1.18 bits per heavy atom. The van der Waals surface area contributed by atoms with Gasteiger partial charge < -0.3 is 0 Å². The summed E-state index contributed by atoms with van der Waals surface area (Å²) >= 11 is 0. The largest absolute Gasteiger partial charge is 2.00 e. The standard InChI is InChI=1S/2C5H5.Fe/c2*1-2-4-5-3-1;/h1-2,5H,3H2;1-5H;/q2*-1;+2. The van der Waals surface area contributed by atoms with Gasteiger partial charge in [-0.1, -0.05) is 0 Å². The Kier molecular flexibility index (Phi) is 7.02. The molecule has 1 aromatic rings. The van der Waals surface area contributed by atoms with Gasteiger partial charge in [0.15, 0.2) is 0 Å². The Morgan fingerprint density at radius 3 is 2.09 bits per heavy atom. The van der Waals surface area contributed by atoms with Crippen molar-refractivity contribution in [3.63, 3.8) is 0 Å². The molecule has 0 aromatic heterocycles. The summed E-state index contributed by atoms with van der Waals surface area (Å²) in [5.74, 6) is 0. The quantitative estimate of drug-likeness (QED) is 0.431. The van der Waals surface area contributed by atoms with Crippen LogP contribution in [-0.2, 0) is 17.1 Å². The van der Waals surface area contributed by atoms with Crippen LogP contribution in [0.3, 0.4) is 0 Å². The first-order valence-electron chi connectivity index (χ1n) is 3.39. The summed E-state index contributed by atoms with van der Waals surface area (Å²) in [5.41, 5.74) is 0. The van der Waals surface area contributed by atoms with Crippen molar-refractivity contribution < 1.29 is 17.1 Å². The van der Waals surface area contributed by atoms with Gasteiger partial charge in [-0.25, -0.2) is 24.3 Å². The van der Waals surface area contributed by atoms with Crippen molar-refractivity contribution in [3.05, 3.63) is 54.6 Å². The summed E-state index contributed by atoms with van der Waals surface area (Å²) in [5, 5.41) is 0. The minimum atomic E-state index is 0. The average molecular weight is 186 g/mol. The van der Waals surface area contributed by atoms with Crippen molar-refractivity contribution in [2.75, 3.05) is 0 Å². The van der Waals surface area contributed by atoms with Crippen molar-refractivity contribution in [2.24, 2.45) is 0 Å². The molecule has 0 N–H and O–H groups in total. The zero-order chi connectivity index (χ0) is 7.07. The smallest absolute Gasteiger partial charge is 0.256 e. The Morgan fingerprint density at radius 2 is 1.91 bits per heavy atom. The first-order valence-corrected chi connectivity index (χ1v) is 3.39. The van der Waals surface area contributed by atoms with E-state index in [9.17, 15) is 0 Å². The van der Waals surface area contributed by atoms with Gasteiger partial charge in [-0.3, -0.25) is 6.08 Å². The molecule has 0 heterocycles. The van der Waals surface area contributed by atoms with E-state index in [1.54, 1.807) is 0 Å². The molecule has 1 aliphatic carbocycles. The fourth-order valence-electron chi connectivity index (χ4n) is 0.661. The summed E-state index contributed by atoms with van der Waals surface area (Å²) < 4.78 is 0. The Bertz CT molecular complexity index is 167. The number of hydrogen-bond donors (Lipinski definition) is 0. The normalized spacial score (nSPS) is 11.6. The van der Waals surface area contributed by atoms with Crippen molar-refractivity contribution >= 4 is 0 Å². The molecule has 1 aromatic carbocycles. The molecule has 0 atom stereocenters. The maximum absolute atomic E-state index is 2.92. The van der Waals surface area contributed by atoms with E-state index in [2.05, 4.69) is 12.2 Å². The fraction of sp³-hybridized carbons (Fsp3) is 0.100. The van der Waals surface area contributed by atoms with Gasteiger partial charge in [0.05, 0.1) is 0 Å². The molecule has 0 bridgehead atoms. The van der Waals surface area contributed by atoms with E-state index in [4.69, 9.17) is 0 Å². The molecule has 58 valence electrons. The summed E-state index contributed by atoms with van der Waals surface area (Å²) in [4.78, 5) is 0. The second kappa shape index (κ2) is 7.46. The first kappa shape index (κ1) is 10.3. The average Bonchev–Trinajstić information content (AvgIpc) is 2.67. The van der Waals surface area contributed by atoms with Crippen molar-refractivity contribution in [1.82, 2.24) is 0 Å². The maximum Gasteiger partial charge on any atom is 2.00 e. The summed E-state index contributed by atoms with van der Waals surface area (Å²) in [6.07, 6.45) is 10.0. The molecule has 2 rings (SSSR count). The molecular formula is C10H10Fe. The predicted molar refractivity (Wildman–Crippen MR) is 43.6 cm³/mol. The summed E-state index contributed by atoms with van der Waals surface area (Å²) in [6.45, 7) is 0. The fourth-order valence-corrected chi connectivity index (χ4v) is 0.661. The Balaban J connectivity index is 0.000000167. The third-order valence-electron chi connectivity index (χ3n) is 1.14.